The fourth-order valence-electron chi connectivity index (χ4n) is 7.64. The van der Waals surface area contributed by atoms with E-state index in [1.807, 2.05) is 18.3 Å². The number of pyridine rings is 1. The lowest BCUT2D eigenvalue weighted by Crippen LogP contribution is -2.35. The third kappa shape index (κ3) is 7.53. The molecule has 0 unspecified atom stereocenters. The highest BCUT2D eigenvalue weighted by atomic mass is 35.5. The van der Waals surface area contributed by atoms with Crippen LogP contribution in [0.15, 0.2) is 48.7 Å². The first-order valence-electron chi connectivity index (χ1n) is 19.1. The standard InChI is InChI=1S/C40H49ClFN7O4Si/c1-6-35-45-46-38(49(35)25-50-18-19-54(3,4)5)27-20-33-39(43-22-27)48(23-29-14-17-51-29)36(44-33)24-47-15-12-26(13-16-47)30-8-7-9-34-37(30)53-40(2,52-34)31-11-10-28(41)21-32(31)42/h7-11,20-22,26,29H,6,12-19,23-25H2,1-5H3/t29-,40-/m0/s1. The summed E-state index contributed by atoms with van der Waals surface area (Å²) in [6, 6.07) is 13.7. The minimum Gasteiger partial charge on any atom is -0.444 e. The van der Waals surface area contributed by atoms with Crippen molar-refractivity contribution in [2.45, 2.75) is 103 Å². The number of imidazole rings is 1. The lowest BCUT2D eigenvalue weighted by Gasteiger charge is -2.33. The number of ether oxygens (including phenoxy) is 4. The maximum Gasteiger partial charge on any atom is 0.278 e. The SMILES string of the molecule is CCc1nnc(-c2cnc3c(c2)nc(CN2CCC(c4cccc5c4O[C@@](C)(c4ccc(Cl)cc4F)O5)CC2)n3C[C@@H]2CCO2)n1COCC[Si](C)(C)C. The number of fused-ring (bicyclic) bond motifs is 2. The van der Waals surface area contributed by atoms with E-state index in [-0.39, 0.29) is 12.0 Å². The van der Waals surface area contributed by atoms with Crippen molar-refractivity contribution in [1.29, 1.82) is 0 Å². The molecule has 0 spiro atoms. The van der Waals surface area contributed by atoms with Gasteiger partial charge in [0.2, 0.25) is 0 Å². The summed E-state index contributed by atoms with van der Waals surface area (Å²) in [5, 5.41) is 9.38. The van der Waals surface area contributed by atoms with Crippen LogP contribution in [0.1, 0.15) is 61.8 Å². The van der Waals surface area contributed by atoms with Crippen LogP contribution in [0.5, 0.6) is 11.5 Å². The number of benzene rings is 2. The van der Waals surface area contributed by atoms with Gasteiger partial charge in [0, 0.05) is 57.0 Å². The molecule has 11 nitrogen and oxygen atoms in total. The van der Waals surface area contributed by atoms with Crippen molar-refractivity contribution in [3.05, 3.63) is 82.3 Å². The van der Waals surface area contributed by atoms with Gasteiger partial charge in [0.1, 0.15) is 29.7 Å². The molecule has 54 heavy (non-hydrogen) atoms. The largest absolute Gasteiger partial charge is 0.444 e. The Hall–Kier alpha value is -3.88. The van der Waals surface area contributed by atoms with Crippen LogP contribution in [0.4, 0.5) is 4.39 Å². The molecule has 2 fully saturated rings. The van der Waals surface area contributed by atoms with Gasteiger partial charge in [0.15, 0.2) is 23.0 Å². The molecule has 5 aromatic rings. The molecule has 0 radical (unpaired) electrons. The Morgan fingerprint density at radius 2 is 1.83 bits per heavy atom. The number of aryl methyl sites for hydroxylation is 1. The van der Waals surface area contributed by atoms with E-state index < -0.39 is 19.7 Å². The van der Waals surface area contributed by atoms with E-state index in [0.717, 1.165) is 104 Å². The zero-order chi connectivity index (χ0) is 37.6. The molecule has 0 N–H and O–H groups in total. The first-order chi connectivity index (χ1) is 26.0. The molecule has 6 heterocycles. The van der Waals surface area contributed by atoms with E-state index in [1.54, 1.807) is 19.1 Å². The van der Waals surface area contributed by atoms with E-state index in [0.29, 0.717) is 35.4 Å². The molecule has 0 amide bonds. The number of piperidine rings is 1. The molecule has 8 rings (SSSR count). The number of likely N-dealkylation sites (tertiary alicyclic amines) is 1. The second-order valence-electron chi connectivity index (χ2n) is 16.1. The molecule has 3 aromatic heterocycles. The van der Waals surface area contributed by atoms with E-state index in [1.165, 1.54) is 6.07 Å². The van der Waals surface area contributed by atoms with Crippen LogP contribution in [0.2, 0.25) is 30.7 Å². The third-order valence-corrected chi connectivity index (χ3v) is 12.8. The highest BCUT2D eigenvalue weighted by Crippen LogP contribution is 2.50. The first-order valence-corrected chi connectivity index (χ1v) is 23.2. The van der Waals surface area contributed by atoms with Gasteiger partial charge in [-0.2, -0.15) is 0 Å². The van der Waals surface area contributed by atoms with Crippen LogP contribution in [-0.4, -0.2) is 74.7 Å². The van der Waals surface area contributed by atoms with Gasteiger partial charge >= 0.3 is 0 Å². The Kier molecular flexibility index (Phi) is 10.3. The molecular formula is C40H49ClFN7O4Si. The summed E-state index contributed by atoms with van der Waals surface area (Å²) < 4.78 is 44.0. The van der Waals surface area contributed by atoms with Crippen LogP contribution in [-0.2, 0) is 41.5 Å². The molecule has 3 aliphatic heterocycles. The van der Waals surface area contributed by atoms with Crippen molar-refractivity contribution in [1.82, 2.24) is 34.2 Å². The Morgan fingerprint density at radius 1 is 1.02 bits per heavy atom. The number of aromatic nitrogens is 6. The molecule has 0 aliphatic carbocycles. The van der Waals surface area contributed by atoms with Crippen molar-refractivity contribution in [3.8, 4) is 22.9 Å². The lowest BCUT2D eigenvalue weighted by molar-refractivity contribution is -0.0712. The number of nitrogens with zero attached hydrogens (tertiary/aromatic N) is 7. The van der Waals surface area contributed by atoms with Gasteiger partial charge in [-0.05, 0) is 74.6 Å². The fourth-order valence-corrected chi connectivity index (χ4v) is 8.56. The Balaban J connectivity index is 0.987. The predicted octanol–water partition coefficient (Wildman–Crippen LogP) is 8.17. The summed E-state index contributed by atoms with van der Waals surface area (Å²) in [6.07, 6.45) is 5.71. The summed E-state index contributed by atoms with van der Waals surface area (Å²) in [5.41, 5.74) is 3.97. The molecule has 14 heteroatoms. The van der Waals surface area contributed by atoms with Crippen LogP contribution in [0, 0.1) is 5.82 Å². The van der Waals surface area contributed by atoms with Crippen molar-refractivity contribution < 1.29 is 23.3 Å². The summed E-state index contributed by atoms with van der Waals surface area (Å²) in [4.78, 5) is 12.6. The molecule has 0 bridgehead atoms. The first kappa shape index (κ1) is 37.1. The van der Waals surface area contributed by atoms with Crippen LogP contribution in [0.25, 0.3) is 22.6 Å². The molecule has 286 valence electrons. The minimum absolute atomic E-state index is 0.159. The van der Waals surface area contributed by atoms with Gasteiger partial charge in [-0.3, -0.25) is 9.47 Å². The van der Waals surface area contributed by atoms with Gasteiger partial charge in [-0.15, -0.1) is 10.2 Å². The highest BCUT2D eigenvalue weighted by molar-refractivity contribution is 6.76. The Labute approximate surface area is 321 Å². The third-order valence-electron chi connectivity index (χ3n) is 10.9. The average molecular weight is 774 g/mol. The van der Waals surface area contributed by atoms with E-state index in [2.05, 4.69) is 62.9 Å². The monoisotopic (exact) mass is 773 g/mol. The summed E-state index contributed by atoms with van der Waals surface area (Å²) in [5.74, 6) is 2.47. The molecule has 2 aromatic carbocycles. The predicted molar refractivity (Wildman–Crippen MR) is 208 cm³/mol. The summed E-state index contributed by atoms with van der Waals surface area (Å²) in [6.45, 7) is 16.0. The van der Waals surface area contributed by atoms with Crippen molar-refractivity contribution in [2.75, 3.05) is 26.3 Å². The van der Waals surface area contributed by atoms with Crippen molar-refractivity contribution in [2.24, 2.45) is 0 Å². The number of rotatable bonds is 13. The topological polar surface area (TPSA) is 102 Å². The van der Waals surface area contributed by atoms with Gasteiger partial charge in [0.25, 0.3) is 5.79 Å². The summed E-state index contributed by atoms with van der Waals surface area (Å²) in [7, 11) is -1.20. The van der Waals surface area contributed by atoms with Crippen molar-refractivity contribution >= 4 is 30.8 Å². The van der Waals surface area contributed by atoms with Gasteiger partial charge in [-0.25, -0.2) is 14.4 Å². The normalized spacial score (nSPS) is 20.5. The zero-order valence-corrected chi connectivity index (χ0v) is 33.5. The average Bonchev–Trinajstić information content (AvgIpc) is 3.80. The second-order valence-corrected chi connectivity index (χ2v) is 22.1. The zero-order valence-electron chi connectivity index (χ0n) is 31.8. The van der Waals surface area contributed by atoms with Gasteiger partial charge in [-0.1, -0.05) is 50.3 Å². The minimum atomic E-state index is -1.28. The van der Waals surface area contributed by atoms with Gasteiger partial charge < -0.3 is 23.5 Å². The van der Waals surface area contributed by atoms with Crippen LogP contribution >= 0.6 is 11.6 Å². The quantitative estimate of drug-likeness (QED) is 0.0867. The Morgan fingerprint density at radius 3 is 2.56 bits per heavy atom. The fraction of sp³-hybridized carbons (Fsp3) is 0.500. The molecule has 2 saturated heterocycles. The summed E-state index contributed by atoms with van der Waals surface area (Å²) >= 11 is 6.03. The highest BCUT2D eigenvalue weighted by Gasteiger charge is 2.43. The Bertz CT molecular complexity index is 2140. The van der Waals surface area contributed by atoms with E-state index in [4.69, 9.17) is 40.5 Å². The molecule has 0 saturated carbocycles. The second kappa shape index (κ2) is 15.0. The maximum atomic E-state index is 15.0. The number of para-hydroxylation sites is 1. The number of hydrogen-bond donors (Lipinski definition) is 0. The van der Waals surface area contributed by atoms with Crippen molar-refractivity contribution in [3.63, 3.8) is 0 Å². The lowest BCUT2D eigenvalue weighted by atomic mass is 9.88. The maximum absolute atomic E-state index is 15.0. The number of halogens is 2. The number of hydrogen-bond acceptors (Lipinski definition) is 9. The van der Waals surface area contributed by atoms with E-state index >= 15 is 0 Å². The van der Waals surface area contributed by atoms with E-state index in [9.17, 15) is 4.39 Å². The smallest absolute Gasteiger partial charge is 0.278 e. The molecule has 2 atom stereocenters. The van der Waals surface area contributed by atoms with Crippen LogP contribution in [0.3, 0.4) is 0 Å². The van der Waals surface area contributed by atoms with Crippen LogP contribution < -0.4 is 9.47 Å². The van der Waals surface area contributed by atoms with Gasteiger partial charge in [0.05, 0.1) is 24.8 Å². The molecular weight excluding hydrogens is 725 g/mol. The molecule has 3 aliphatic rings.